The number of hydrogen-bond acceptors (Lipinski definition) is 5. The number of piperidine rings is 1. The van der Waals surface area contributed by atoms with Crippen molar-refractivity contribution in [2.75, 3.05) is 40.3 Å². The van der Waals surface area contributed by atoms with Crippen molar-refractivity contribution in [3.05, 3.63) is 17.7 Å². The number of aliphatic hydroxyl groups is 1. The molecule has 0 aliphatic carbocycles. The van der Waals surface area contributed by atoms with E-state index >= 15 is 0 Å². The van der Waals surface area contributed by atoms with Gasteiger partial charge >= 0.3 is 0 Å². The van der Waals surface area contributed by atoms with Crippen molar-refractivity contribution >= 4 is 5.91 Å². The second kappa shape index (κ2) is 5.98. The predicted octanol–water partition coefficient (Wildman–Crippen LogP) is -0.485. The van der Waals surface area contributed by atoms with E-state index in [9.17, 15) is 9.90 Å². The summed E-state index contributed by atoms with van der Waals surface area (Å²) in [7, 11) is 3.88. The van der Waals surface area contributed by atoms with Crippen LogP contribution in [-0.4, -0.2) is 76.2 Å². The molecule has 7 nitrogen and oxygen atoms in total. The van der Waals surface area contributed by atoms with Gasteiger partial charge < -0.3 is 24.8 Å². The summed E-state index contributed by atoms with van der Waals surface area (Å²) in [4.78, 5) is 20.9. The Bertz CT molecular complexity index is 533. The molecule has 1 atom stereocenters. The van der Waals surface area contributed by atoms with E-state index in [1.54, 1.807) is 4.90 Å². The number of fused-ring (bicyclic) bond motifs is 1. The lowest BCUT2D eigenvalue weighted by molar-refractivity contribution is -0.0392. The molecule has 3 rings (SSSR count). The molecule has 2 N–H and O–H groups in total. The molecule has 2 aliphatic heterocycles. The van der Waals surface area contributed by atoms with Crippen LogP contribution >= 0.6 is 0 Å². The molecule has 2 aliphatic rings. The molecule has 1 fully saturated rings. The minimum absolute atomic E-state index is 0.0706. The normalized spacial score (nSPS) is 25.4. The number of imidazole rings is 1. The van der Waals surface area contributed by atoms with Crippen LogP contribution in [0.15, 0.2) is 6.20 Å². The van der Waals surface area contributed by atoms with Crippen molar-refractivity contribution in [2.24, 2.45) is 0 Å². The third-order valence-electron chi connectivity index (χ3n) is 4.34. The maximum atomic E-state index is 12.7. The van der Waals surface area contributed by atoms with Crippen LogP contribution in [0, 0.1) is 0 Å². The van der Waals surface area contributed by atoms with Gasteiger partial charge in [0.05, 0.1) is 18.7 Å². The fourth-order valence-corrected chi connectivity index (χ4v) is 3.46. The summed E-state index contributed by atoms with van der Waals surface area (Å²) in [6.45, 7) is 4.10. The summed E-state index contributed by atoms with van der Waals surface area (Å²) in [5.74, 6) is 0.842. The first-order chi connectivity index (χ1) is 10.5. The molecular formula is C15H25N5O2. The Morgan fingerprint density at radius 2 is 2.32 bits per heavy atom. The molecule has 1 amide bonds. The Balaban J connectivity index is 1.73. The first-order valence-corrected chi connectivity index (χ1v) is 7.90. The van der Waals surface area contributed by atoms with Crippen LogP contribution in [0.1, 0.15) is 29.2 Å². The summed E-state index contributed by atoms with van der Waals surface area (Å²) < 4.78 is 2.04. The van der Waals surface area contributed by atoms with E-state index in [4.69, 9.17) is 0 Å². The van der Waals surface area contributed by atoms with E-state index < -0.39 is 5.60 Å². The van der Waals surface area contributed by atoms with E-state index in [0.717, 1.165) is 31.8 Å². The van der Waals surface area contributed by atoms with Crippen LogP contribution in [0.2, 0.25) is 0 Å². The number of carbonyl (C=O) groups excluding carboxylic acids is 1. The smallest absolute Gasteiger partial charge is 0.274 e. The van der Waals surface area contributed by atoms with Crippen molar-refractivity contribution in [1.29, 1.82) is 0 Å². The van der Waals surface area contributed by atoms with E-state index in [2.05, 4.69) is 10.3 Å². The number of rotatable bonds is 3. The van der Waals surface area contributed by atoms with Crippen molar-refractivity contribution < 1.29 is 9.90 Å². The molecule has 1 saturated heterocycles. The molecule has 7 heteroatoms. The Morgan fingerprint density at radius 1 is 1.50 bits per heavy atom. The zero-order valence-corrected chi connectivity index (χ0v) is 13.4. The third-order valence-corrected chi connectivity index (χ3v) is 4.34. The van der Waals surface area contributed by atoms with Gasteiger partial charge in [-0.15, -0.1) is 0 Å². The van der Waals surface area contributed by atoms with Gasteiger partial charge in [0, 0.05) is 32.4 Å². The van der Waals surface area contributed by atoms with Gasteiger partial charge in [0.15, 0.2) is 0 Å². The van der Waals surface area contributed by atoms with Gasteiger partial charge in [-0.1, -0.05) is 0 Å². The summed E-state index contributed by atoms with van der Waals surface area (Å²) >= 11 is 0. The number of likely N-dealkylation sites (tertiary alicyclic amines) is 1. The molecule has 1 aromatic heterocycles. The average molecular weight is 307 g/mol. The minimum Gasteiger partial charge on any atom is -0.387 e. The highest BCUT2D eigenvalue weighted by Gasteiger charge is 2.36. The standard InChI is InChI=1S/C15H25N5O2/c1-18(2)10-15(22)4-3-6-20(11-15)14(21)12-9-19-7-5-16-8-13(19)17-12/h9,16,22H,3-8,10-11H2,1-2H3/t15-/m0/s1. The number of β-amino-alcohol motifs (C(OH)–C–C–N with tert-alkyl or cyclic N) is 1. The number of likely N-dealkylation sites (N-methyl/N-ethyl adjacent to an activating group) is 1. The molecular weight excluding hydrogens is 282 g/mol. The fraction of sp³-hybridized carbons (Fsp3) is 0.733. The largest absolute Gasteiger partial charge is 0.387 e. The van der Waals surface area contributed by atoms with Gasteiger partial charge in [0.1, 0.15) is 11.5 Å². The molecule has 3 heterocycles. The Morgan fingerprint density at radius 3 is 3.05 bits per heavy atom. The molecule has 0 bridgehead atoms. The Kier molecular flexibility index (Phi) is 4.20. The van der Waals surface area contributed by atoms with Crippen LogP contribution in [0.25, 0.3) is 0 Å². The van der Waals surface area contributed by atoms with Crippen LogP contribution in [0.3, 0.4) is 0 Å². The van der Waals surface area contributed by atoms with Gasteiger partial charge in [-0.25, -0.2) is 4.98 Å². The van der Waals surface area contributed by atoms with Crippen LogP contribution in [-0.2, 0) is 13.1 Å². The lowest BCUT2D eigenvalue weighted by Crippen LogP contribution is -2.54. The van der Waals surface area contributed by atoms with Gasteiger partial charge in [-0.3, -0.25) is 4.79 Å². The molecule has 1 aromatic rings. The average Bonchev–Trinajstić information content (AvgIpc) is 2.89. The summed E-state index contributed by atoms with van der Waals surface area (Å²) in [6.07, 6.45) is 3.40. The fourth-order valence-electron chi connectivity index (χ4n) is 3.46. The second-order valence-electron chi connectivity index (χ2n) is 6.70. The van der Waals surface area contributed by atoms with Crippen molar-refractivity contribution in [3.8, 4) is 0 Å². The molecule has 22 heavy (non-hydrogen) atoms. The summed E-state index contributed by atoms with van der Waals surface area (Å²) in [6, 6.07) is 0. The monoisotopic (exact) mass is 307 g/mol. The zero-order chi connectivity index (χ0) is 15.7. The van der Waals surface area contributed by atoms with Crippen LogP contribution < -0.4 is 5.32 Å². The summed E-state index contributed by atoms with van der Waals surface area (Å²) in [5.41, 5.74) is -0.328. The van der Waals surface area contributed by atoms with Gasteiger partial charge in [0.25, 0.3) is 5.91 Å². The quantitative estimate of drug-likeness (QED) is 0.789. The van der Waals surface area contributed by atoms with E-state index in [1.165, 1.54) is 0 Å². The number of carbonyl (C=O) groups is 1. The molecule has 0 radical (unpaired) electrons. The number of aromatic nitrogens is 2. The molecule has 0 unspecified atom stereocenters. The minimum atomic E-state index is -0.821. The number of hydrogen-bond donors (Lipinski definition) is 2. The predicted molar refractivity (Wildman–Crippen MR) is 82.6 cm³/mol. The third kappa shape index (κ3) is 3.16. The van der Waals surface area contributed by atoms with E-state index in [0.29, 0.717) is 31.9 Å². The van der Waals surface area contributed by atoms with Gasteiger partial charge in [-0.05, 0) is 26.9 Å². The lowest BCUT2D eigenvalue weighted by atomic mass is 9.92. The van der Waals surface area contributed by atoms with Crippen LogP contribution in [0.5, 0.6) is 0 Å². The van der Waals surface area contributed by atoms with E-state index in [1.807, 2.05) is 29.8 Å². The Labute approximate surface area is 130 Å². The van der Waals surface area contributed by atoms with Gasteiger partial charge in [-0.2, -0.15) is 0 Å². The lowest BCUT2D eigenvalue weighted by Gasteiger charge is -2.40. The second-order valence-corrected chi connectivity index (χ2v) is 6.70. The maximum absolute atomic E-state index is 12.7. The van der Waals surface area contributed by atoms with Crippen molar-refractivity contribution in [3.63, 3.8) is 0 Å². The Hall–Kier alpha value is -1.44. The number of nitrogens with one attached hydrogen (secondary N) is 1. The zero-order valence-electron chi connectivity index (χ0n) is 13.4. The highest BCUT2D eigenvalue weighted by molar-refractivity contribution is 5.92. The summed E-state index contributed by atoms with van der Waals surface area (Å²) in [5, 5.41) is 14.0. The van der Waals surface area contributed by atoms with Crippen molar-refractivity contribution in [1.82, 2.24) is 24.7 Å². The highest BCUT2D eigenvalue weighted by atomic mass is 16.3. The van der Waals surface area contributed by atoms with E-state index in [-0.39, 0.29) is 5.91 Å². The van der Waals surface area contributed by atoms with Gasteiger partial charge in [0.2, 0.25) is 0 Å². The molecule has 0 aromatic carbocycles. The molecule has 0 spiro atoms. The maximum Gasteiger partial charge on any atom is 0.274 e. The molecule has 0 saturated carbocycles. The first kappa shape index (κ1) is 15.5. The van der Waals surface area contributed by atoms with Crippen LogP contribution in [0.4, 0.5) is 0 Å². The SMILES string of the molecule is CN(C)C[C@@]1(O)CCCN(C(=O)c2cn3c(n2)CNCC3)C1. The number of nitrogens with zero attached hydrogens (tertiary/aromatic N) is 4. The first-order valence-electron chi connectivity index (χ1n) is 7.90. The number of amides is 1. The molecule has 122 valence electrons. The highest BCUT2D eigenvalue weighted by Crippen LogP contribution is 2.23. The topological polar surface area (TPSA) is 73.6 Å². The van der Waals surface area contributed by atoms with Crippen molar-refractivity contribution in [2.45, 2.75) is 31.5 Å².